The number of carbonyl (C=O) groups is 1. The summed E-state index contributed by atoms with van der Waals surface area (Å²) in [5, 5.41) is 2.72. The molecule has 2 aromatic rings. The molecule has 0 saturated carbocycles. The normalized spacial score (nSPS) is 10.6. The van der Waals surface area contributed by atoms with Crippen molar-refractivity contribution in [1.82, 2.24) is 19.9 Å². The number of aromatic nitrogens is 3. The van der Waals surface area contributed by atoms with Crippen LogP contribution in [0.2, 0.25) is 0 Å². The topological polar surface area (TPSA) is 88.7 Å². The number of aromatic amines is 1. The highest BCUT2D eigenvalue weighted by Crippen LogP contribution is 2.17. The molecule has 2 rings (SSSR count). The Morgan fingerprint density at radius 3 is 3.18 bits per heavy atom. The number of nitrogens with two attached hydrogens (primary N) is 1. The molecular formula is C10H13N5OS. The Balaban J connectivity index is 2.34. The number of amides is 1. The maximum Gasteiger partial charge on any atom is 0.216 e. The first-order chi connectivity index (χ1) is 8.09. The van der Waals surface area contributed by atoms with E-state index >= 15 is 0 Å². The molecule has 0 aliphatic rings. The zero-order chi connectivity index (χ0) is 12.4. The van der Waals surface area contributed by atoms with E-state index in [2.05, 4.69) is 15.3 Å². The van der Waals surface area contributed by atoms with Gasteiger partial charge in [-0.2, -0.15) is 0 Å². The molecule has 2 heterocycles. The molecule has 0 aliphatic heterocycles. The van der Waals surface area contributed by atoms with E-state index in [4.69, 9.17) is 18.0 Å². The SMILES string of the molecule is CC(=O)NCCn1c(=S)[nH]c2c(N)nccc21. The molecule has 0 aliphatic carbocycles. The summed E-state index contributed by atoms with van der Waals surface area (Å²) in [7, 11) is 0. The molecule has 7 heteroatoms. The van der Waals surface area contributed by atoms with E-state index in [-0.39, 0.29) is 5.91 Å². The highest BCUT2D eigenvalue weighted by atomic mass is 32.1. The molecule has 0 bridgehead atoms. The number of nitrogens with zero attached hydrogens (tertiary/aromatic N) is 2. The van der Waals surface area contributed by atoms with E-state index in [0.29, 0.717) is 23.7 Å². The van der Waals surface area contributed by atoms with Gasteiger partial charge >= 0.3 is 0 Å². The zero-order valence-electron chi connectivity index (χ0n) is 9.36. The minimum Gasteiger partial charge on any atom is -0.382 e. The summed E-state index contributed by atoms with van der Waals surface area (Å²) in [6.45, 7) is 2.61. The Morgan fingerprint density at radius 1 is 1.71 bits per heavy atom. The Kier molecular flexibility index (Phi) is 3.10. The standard InChI is InChI=1S/C10H13N5OS/c1-6(16)12-4-5-15-7-2-3-13-9(11)8(7)14-10(15)17/h2-3H,4-5H2,1H3,(H2,11,13)(H,12,16)(H,14,17). The summed E-state index contributed by atoms with van der Waals surface area (Å²) in [4.78, 5) is 17.8. The van der Waals surface area contributed by atoms with E-state index in [1.54, 1.807) is 6.20 Å². The summed E-state index contributed by atoms with van der Waals surface area (Å²) in [5.74, 6) is 0.365. The fraction of sp³-hybridized carbons (Fsp3) is 0.300. The third-order valence-electron chi connectivity index (χ3n) is 2.44. The molecular weight excluding hydrogens is 238 g/mol. The highest BCUT2D eigenvalue weighted by molar-refractivity contribution is 7.71. The predicted octanol–water partition coefficient (Wildman–Crippen LogP) is 0.812. The Morgan fingerprint density at radius 2 is 2.47 bits per heavy atom. The van der Waals surface area contributed by atoms with Crippen LogP contribution in [-0.2, 0) is 11.3 Å². The van der Waals surface area contributed by atoms with Gasteiger partial charge in [-0.3, -0.25) is 4.79 Å². The number of fused-ring (bicyclic) bond motifs is 1. The van der Waals surface area contributed by atoms with E-state index in [1.165, 1.54) is 6.92 Å². The first-order valence-corrected chi connectivity index (χ1v) is 5.58. The molecule has 17 heavy (non-hydrogen) atoms. The van der Waals surface area contributed by atoms with Gasteiger partial charge in [0.25, 0.3) is 0 Å². The third-order valence-corrected chi connectivity index (χ3v) is 2.76. The zero-order valence-corrected chi connectivity index (χ0v) is 10.2. The molecule has 2 aromatic heterocycles. The number of rotatable bonds is 3. The van der Waals surface area contributed by atoms with Crippen LogP contribution < -0.4 is 11.1 Å². The van der Waals surface area contributed by atoms with Crippen molar-refractivity contribution < 1.29 is 4.79 Å². The lowest BCUT2D eigenvalue weighted by atomic mass is 10.4. The van der Waals surface area contributed by atoms with Crippen LogP contribution in [0.3, 0.4) is 0 Å². The van der Waals surface area contributed by atoms with Gasteiger partial charge < -0.3 is 20.6 Å². The molecule has 0 radical (unpaired) electrons. The summed E-state index contributed by atoms with van der Waals surface area (Å²) >= 11 is 5.20. The van der Waals surface area contributed by atoms with Gasteiger partial charge in [0.05, 0.1) is 5.52 Å². The van der Waals surface area contributed by atoms with Crippen LogP contribution in [0.5, 0.6) is 0 Å². The number of imidazole rings is 1. The lowest BCUT2D eigenvalue weighted by molar-refractivity contribution is -0.118. The maximum atomic E-state index is 10.8. The van der Waals surface area contributed by atoms with Crippen LogP contribution in [0.1, 0.15) is 6.92 Å². The predicted molar refractivity (Wildman–Crippen MR) is 68.0 cm³/mol. The van der Waals surface area contributed by atoms with Gasteiger partial charge in [0.2, 0.25) is 5.91 Å². The van der Waals surface area contributed by atoms with Crippen molar-refractivity contribution in [1.29, 1.82) is 0 Å². The minimum absolute atomic E-state index is 0.0578. The molecule has 6 nitrogen and oxygen atoms in total. The number of carbonyl (C=O) groups excluding carboxylic acids is 1. The van der Waals surface area contributed by atoms with Crippen molar-refractivity contribution in [3.8, 4) is 0 Å². The van der Waals surface area contributed by atoms with Gasteiger partial charge in [-0.1, -0.05) is 0 Å². The smallest absolute Gasteiger partial charge is 0.216 e. The second-order valence-electron chi connectivity index (χ2n) is 3.66. The molecule has 0 aromatic carbocycles. The van der Waals surface area contributed by atoms with Crippen LogP contribution in [-0.4, -0.2) is 27.0 Å². The Labute approximate surface area is 103 Å². The summed E-state index contributed by atoms with van der Waals surface area (Å²) in [5.41, 5.74) is 7.38. The number of hydrogen-bond donors (Lipinski definition) is 3. The molecule has 1 amide bonds. The van der Waals surface area contributed by atoms with Crippen LogP contribution in [0.15, 0.2) is 12.3 Å². The number of H-pyrrole nitrogens is 1. The van der Waals surface area contributed by atoms with Crippen LogP contribution in [0, 0.1) is 4.77 Å². The minimum atomic E-state index is -0.0578. The van der Waals surface area contributed by atoms with Crippen molar-refractivity contribution in [3.63, 3.8) is 0 Å². The molecule has 0 unspecified atom stereocenters. The molecule has 0 fully saturated rings. The van der Waals surface area contributed by atoms with Crippen molar-refractivity contribution >= 4 is 35.0 Å². The van der Waals surface area contributed by atoms with E-state index in [0.717, 1.165) is 11.0 Å². The average molecular weight is 251 g/mol. The molecule has 0 saturated heterocycles. The number of pyridine rings is 1. The lowest BCUT2D eigenvalue weighted by Gasteiger charge is -2.05. The van der Waals surface area contributed by atoms with Gasteiger partial charge in [0, 0.05) is 26.2 Å². The van der Waals surface area contributed by atoms with Crippen molar-refractivity contribution in [2.75, 3.05) is 12.3 Å². The van der Waals surface area contributed by atoms with Crippen molar-refractivity contribution in [3.05, 3.63) is 17.0 Å². The van der Waals surface area contributed by atoms with E-state index < -0.39 is 0 Å². The summed E-state index contributed by atoms with van der Waals surface area (Å²) < 4.78 is 2.46. The molecule has 0 atom stereocenters. The Hall–Kier alpha value is -1.89. The third kappa shape index (κ3) is 2.28. The summed E-state index contributed by atoms with van der Waals surface area (Å²) in [6.07, 6.45) is 1.63. The lowest BCUT2D eigenvalue weighted by Crippen LogP contribution is -2.24. The summed E-state index contributed by atoms with van der Waals surface area (Å²) in [6, 6.07) is 1.84. The first kappa shape index (κ1) is 11.6. The Bertz CT molecular complexity index is 615. The van der Waals surface area contributed by atoms with Gasteiger partial charge in [-0.25, -0.2) is 4.98 Å². The van der Waals surface area contributed by atoms with Gasteiger partial charge in [0.15, 0.2) is 4.77 Å². The highest BCUT2D eigenvalue weighted by Gasteiger charge is 2.06. The van der Waals surface area contributed by atoms with Gasteiger partial charge in [-0.15, -0.1) is 0 Å². The molecule has 0 spiro atoms. The van der Waals surface area contributed by atoms with Gasteiger partial charge in [0.1, 0.15) is 11.3 Å². The second kappa shape index (κ2) is 4.54. The fourth-order valence-electron chi connectivity index (χ4n) is 1.67. The van der Waals surface area contributed by atoms with Crippen LogP contribution in [0.4, 0.5) is 5.82 Å². The maximum absolute atomic E-state index is 10.8. The van der Waals surface area contributed by atoms with Crippen LogP contribution >= 0.6 is 12.2 Å². The molecule has 4 N–H and O–H groups in total. The largest absolute Gasteiger partial charge is 0.382 e. The van der Waals surface area contributed by atoms with Crippen molar-refractivity contribution in [2.45, 2.75) is 13.5 Å². The number of nitrogens with one attached hydrogen (secondary N) is 2. The average Bonchev–Trinajstić information content (AvgIpc) is 2.57. The second-order valence-corrected chi connectivity index (χ2v) is 4.04. The number of hydrogen-bond acceptors (Lipinski definition) is 4. The number of nitrogen functional groups attached to an aromatic ring is 1. The monoisotopic (exact) mass is 251 g/mol. The van der Waals surface area contributed by atoms with Gasteiger partial charge in [-0.05, 0) is 18.3 Å². The first-order valence-electron chi connectivity index (χ1n) is 5.17. The van der Waals surface area contributed by atoms with E-state index in [1.807, 2.05) is 10.6 Å². The molecule has 90 valence electrons. The van der Waals surface area contributed by atoms with Crippen LogP contribution in [0.25, 0.3) is 11.0 Å². The van der Waals surface area contributed by atoms with Crippen molar-refractivity contribution in [2.24, 2.45) is 0 Å². The van der Waals surface area contributed by atoms with E-state index in [9.17, 15) is 4.79 Å². The number of anilines is 1. The quantitative estimate of drug-likeness (QED) is 0.704. The fourth-order valence-corrected chi connectivity index (χ4v) is 1.96.